The quantitative estimate of drug-likeness (QED) is 0.905. The molecule has 2 aromatic carbocycles. The fourth-order valence-electron chi connectivity index (χ4n) is 2.85. The zero-order chi connectivity index (χ0) is 14.8. The van der Waals surface area contributed by atoms with E-state index in [0.717, 1.165) is 18.5 Å². The Morgan fingerprint density at radius 2 is 1.67 bits per heavy atom. The van der Waals surface area contributed by atoms with Crippen LogP contribution in [0, 0.1) is 0 Å². The van der Waals surface area contributed by atoms with Crippen molar-refractivity contribution in [3.8, 4) is 0 Å². The molecule has 2 unspecified atom stereocenters. The van der Waals surface area contributed by atoms with Crippen molar-refractivity contribution in [3.63, 3.8) is 0 Å². The topological polar surface area (TPSA) is 32.3 Å². The lowest BCUT2D eigenvalue weighted by Crippen LogP contribution is -2.33. The number of rotatable bonds is 3. The molecule has 0 saturated heterocycles. The first-order valence-corrected chi connectivity index (χ1v) is 7.04. The molecule has 0 fully saturated rings. The Morgan fingerprint density at radius 3 is 2.38 bits per heavy atom. The Hall–Kier alpha value is -1.78. The van der Waals surface area contributed by atoms with Crippen LogP contribution in [0.2, 0.25) is 0 Å². The van der Waals surface area contributed by atoms with Crippen molar-refractivity contribution in [1.82, 2.24) is 5.32 Å². The molecule has 0 aliphatic carbocycles. The fraction of sp³-hybridized carbons (Fsp3) is 0.294. The maximum absolute atomic E-state index is 12.6. The molecule has 2 aromatic rings. The molecule has 0 spiro atoms. The molecule has 3 rings (SSSR count). The van der Waals surface area contributed by atoms with Crippen molar-refractivity contribution in [1.29, 1.82) is 0 Å². The summed E-state index contributed by atoms with van der Waals surface area (Å²) in [6.07, 6.45) is -2.30. The zero-order valence-electron chi connectivity index (χ0n) is 11.5. The van der Waals surface area contributed by atoms with Gasteiger partial charge in [0.05, 0.1) is 12.1 Å². The van der Waals surface area contributed by atoms with Gasteiger partial charge in [0, 0.05) is 5.56 Å². The summed E-state index contributed by atoms with van der Waals surface area (Å²) >= 11 is 0. The van der Waals surface area contributed by atoms with Crippen LogP contribution in [0.15, 0.2) is 48.5 Å². The molecule has 0 amide bonds. The van der Waals surface area contributed by atoms with Gasteiger partial charge >= 0.3 is 0 Å². The number of benzene rings is 2. The van der Waals surface area contributed by atoms with Gasteiger partial charge in [-0.05, 0) is 29.7 Å². The minimum Gasteiger partial charge on any atom is -0.386 e. The normalized spacial score (nSPS) is 19.3. The van der Waals surface area contributed by atoms with Gasteiger partial charge in [0.1, 0.15) is 0 Å². The summed E-state index contributed by atoms with van der Waals surface area (Å²) in [5.41, 5.74) is 2.93. The molecular weight excluding hydrogens is 272 g/mol. The van der Waals surface area contributed by atoms with Crippen LogP contribution in [-0.2, 0) is 6.42 Å². The van der Waals surface area contributed by atoms with Gasteiger partial charge in [-0.3, -0.25) is 0 Å². The molecule has 1 heterocycles. The van der Waals surface area contributed by atoms with E-state index >= 15 is 0 Å². The van der Waals surface area contributed by atoms with E-state index in [9.17, 15) is 13.9 Å². The van der Waals surface area contributed by atoms with Crippen molar-refractivity contribution in [2.75, 3.05) is 6.54 Å². The number of nitrogens with one attached hydrogen (secondary N) is 1. The highest BCUT2D eigenvalue weighted by Gasteiger charge is 2.27. The summed E-state index contributed by atoms with van der Waals surface area (Å²) in [5.74, 6) is 0. The van der Waals surface area contributed by atoms with Crippen molar-refractivity contribution in [3.05, 3.63) is 70.8 Å². The van der Waals surface area contributed by atoms with E-state index in [1.807, 2.05) is 18.2 Å². The zero-order valence-corrected chi connectivity index (χ0v) is 11.5. The van der Waals surface area contributed by atoms with Gasteiger partial charge in [-0.15, -0.1) is 0 Å². The van der Waals surface area contributed by atoms with E-state index in [2.05, 4.69) is 11.4 Å². The maximum Gasteiger partial charge on any atom is 0.263 e. The first-order chi connectivity index (χ1) is 10.2. The number of fused-ring (bicyclic) bond motifs is 1. The van der Waals surface area contributed by atoms with Crippen molar-refractivity contribution in [2.45, 2.75) is 25.0 Å². The number of halogens is 2. The number of hydrogen-bond acceptors (Lipinski definition) is 2. The molecule has 0 radical (unpaired) electrons. The fourth-order valence-corrected chi connectivity index (χ4v) is 2.85. The van der Waals surface area contributed by atoms with Gasteiger partial charge in [0.15, 0.2) is 0 Å². The molecule has 0 bridgehead atoms. The lowest BCUT2D eigenvalue weighted by Gasteiger charge is -2.31. The van der Waals surface area contributed by atoms with Gasteiger partial charge in [-0.1, -0.05) is 48.5 Å². The predicted octanol–water partition coefficient (Wildman–Crippen LogP) is 3.54. The van der Waals surface area contributed by atoms with Crippen molar-refractivity contribution < 1.29 is 13.9 Å². The lowest BCUT2D eigenvalue weighted by molar-refractivity contribution is 0.125. The Balaban J connectivity index is 1.87. The van der Waals surface area contributed by atoms with Gasteiger partial charge in [-0.25, -0.2) is 8.78 Å². The van der Waals surface area contributed by atoms with E-state index in [-0.39, 0.29) is 11.6 Å². The molecule has 110 valence electrons. The summed E-state index contributed by atoms with van der Waals surface area (Å²) in [6.45, 7) is 0.799. The highest BCUT2D eigenvalue weighted by Crippen LogP contribution is 2.33. The van der Waals surface area contributed by atoms with Gasteiger partial charge < -0.3 is 10.4 Å². The largest absolute Gasteiger partial charge is 0.386 e. The minimum absolute atomic E-state index is 0.0250. The van der Waals surface area contributed by atoms with Crippen LogP contribution in [-0.4, -0.2) is 11.7 Å². The highest BCUT2D eigenvalue weighted by molar-refractivity contribution is 5.35. The van der Waals surface area contributed by atoms with Crippen LogP contribution in [0.1, 0.15) is 40.8 Å². The summed E-state index contributed by atoms with van der Waals surface area (Å²) in [5, 5.41) is 13.9. The van der Waals surface area contributed by atoms with E-state index in [1.165, 1.54) is 17.7 Å². The van der Waals surface area contributed by atoms with Crippen LogP contribution < -0.4 is 5.32 Å². The Bertz CT molecular complexity index is 612. The standard InChI is InChI=1S/C17H17F2NO/c18-17(19)13-7-5-12(6-8-13)16(21)15-14-4-2-1-3-11(14)9-10-20-15/h1-8,15-17,20-21H,9-10H2. The second-order valence-electron chi connectivity index (χ2n) is 5.29. The van der Waals surface area contributed by atoms with Crippen LogP contribution in [0.3, 0.4) is 0 Å². The second kappa shape index (κ2) is 5.92. The molecule has 2 nitrogen and oxygen atoms in total. The monoisotopic (exact) mass is 289 g/mol. The van der Waals surface area contributed by atoms with E-state index < -0.39 is 12.5 Å². The van der Waals surface area contributed by atoms with E-state index in [1.54, 1.807) is 12.1 Å². The summed E-state index contributed by atoms with van der Waals surface area (Å²) < 4.78 is 25.2. The average Bonchev–Trinajstić information content (AvgIpc) is 2.53. The minimum atomic E-state index is -2.48. The average molecular weight is 289 g/mol. The van der Waals surface area contributed by atoms with Gasteiger partial charge in [0.2, 0.25) is 0 Å². The summed E-state index contributed by atoms with van der Waals surface area (Å²) in [6, 6.07) is 13.7. The molecular formula is C17H17F2NO. The number of alkyl halides is 2. The highest BCUT2D eigenvalue weighted by atomic mass is 19.3. The predicted molar refractivity (Wildman–Crippen MR) is 77.2 cm³/mol. The third-order valence-electron chi connectivity index (χ3n) is 3.99. The van der Waals surface area contributed by atoms with Crippen LogP contribution in [0.25, 0.3) is 0 Å². The number of aliphatic hydroxyl groups is 1. The maximum atomic E-state index is 12.6. The first-order valence-electron chi connectivity index (χ1n) is 7.04. The molecule has 2 N–H and O–H groups in total. The first kappa shape index (κ1) is 14.2. The second-order valence-corrected chi connectivity index (χ2v) is 5.29. The van der Waals surface area contributed by atoms with E-state index in [4.69, 9.17) is 0 Å². The Kier molecular flexibility index (Phi) is 3.99. The molecule has 1 aliphatic rings. The lowest BCUT2D eigenvalue weighted by atomic mass is 9.88. The summed E-state index contributed by atoms with van der Waals surface area (Å²) in [4.78, 5) is 0. The third-order valence-corrected chi connectivity index (χ3v) is 3.99. The van der Waals surface area contributed by atoms with Gasteiger partial charge in [0.25, 0.3) is 6.43 Å². The smallest absolute Gasteiger partial charge is 0.263 e. The number of hydrogen-bond donors (Lipinski definition) is 2. The molecule has 4 heteroatoms. The number of aliphatic hydroxyl groups excluding tert-OH is 1. The Labute approximate surface area is 122 Å². The molecule has 2 atom stereocenters. The molecule has 1 aliphatic heterocycles. The van der Waals surface area contributed by atoms with Crippen LogP contribution in [0.5, 0.6) is 0 Å². The molecule has 21 heavy (non-hydrogen) atoms. The Morgan fingerprint density at radius 1 is 1.00 bits per heavy atom. The van der Waals surface area contributed by atoms with E-state index in [0.29, 0.717) is 5.56 Å². The van der Waals surface area contributed by atoms with Crippen molar-refractivity contribution >= 4 is 0 Å². The van der Waals surface area contributed by atoms with Gasteiger partial charge in [-0.2, -0.15) is 0 Å². The molecule has 0 saturated carbocycles. The van der Waals surface area contributed by atoms with Crippen molar-refractivity contribution in [2.24, 2.45) is 0 Å². The SMILES string of the molecule is OC(c1ccc(C(F)F)cc1)C1NCCc2ccccc21. The van der Waals surface area contributed by atoms with Crippen LogP contribution >= 0.6 is 0 Å². The molecule has 0 aromatic heterocycles. The van der Waals surface area contributed by atoms with Crippen LogP contribution in [0.4, 0.5) is 8.78 Å². The summed E-state index contributed by atoms with van der Waals surface area (Å²) in [7, 11) is 0. The third kappa shape index (κ3) is 2.82.